The Kier molecular flexibility index (Phi) is 3.20. The molecule has 0 atom stereocenters. The van der Waals surface area contributed by atoms with Gasteiger partial charge in [0.05, 0.1) is 5.69 Å². The Morgan fingerprint density at radius 3 is 2.81 bits per heavy atom. The lowest BCUT2D eigenvalue weighted by atomic mass is 10.2. The molecule has 1 aromatic carbocycles. The molecule has 1 aromatic rings. The van der Waals surface area contributed by atoms with E-state index < -0.39 is 0 Å². The third kappa shape index (κ3) is 1.93. The van der Waals surface area contributed by atoms with Crippen molar-refractivity contribution in [2.45, 2.75) is 11.8 Å². The largest absolute Gasteiger partial charge is 0.346 e. The van der Waals surface area contributed by atoms with Crippen molar-refractivity contribution in [3.63, 3.8) is 0 Å². The fraction of sp³-hybridized carbons (Fsp3) is 0.143. The zero-order valence-electron chi connectivity index (χ0n) is 9.60. The molecule has 0 aromatic heterocycles. The van der Waals surface area contributed by atoms with Gasteiger partial charge >= 0.3 is 0 Å². The smallest absolute Gasteiger partial charge is 0.0547 e. The predicted molar refractivity (Wildman–Crippen MR) is 72.7 cm³/mol. The molecule has 0 aliphatic carbocycles. The predicted octanol–water partition coefficient (Wildman–Crippen LogP) is 4.20. The number of benzene rings is 1. The van der Waals surface area contributed by atoms with E-state index >= 15 is 0 Å². The van der Waals surface area contributed by atoms with Crippen LogP contribution in [0.5, 0.6) is 0 Å². The summed E-state index contributed by atoms with van der Waals surface area (Å²) in [6.45, 7) is 5.85. The van der Waals surface area contributed by atoms with Crippen molar-refractivity contribution in [2.75, 3.05) is 11.9 Å². The van der Waals surface area contributed by atoms with Gasteiger partial charge in [-0.3, -0.25) is 0 Å². The van der Waals surface area contributed by atoms with Gasteiger partial charge in [0.1, 0.15) is 0 Å². The number of anilines is 1. The van der Waals surface area contributed by atoms with Gasteiger partial charge in [0, 0.05) is 22.5 Å². The molecule has 16 heavy (non-hydrogen) atoms. The summed E-state index contributed by atoms with van der Waals surface area (Å²) in [5.74, 6) is 0. The van der Waals surface area contributed by atoms with Crippen LogP contribution in [0.4, 0.5) is 5.69 Å². The van der Waals surface area contributed by atoms with Gasteiger partial charge in [-0.25, -0.2) is 0 Å². The van der Waals surface area contributed by atoms with E-state index in [1.165, 1.54) is 21.2 Å². The normalized spacial score (nSPS) is 15.5. The van der Waals surface area contributed by atoms with Gasteiger partial charge in [-0.05, 0) is 25.1 Å². The summed E-state index contributed by atoms with van der Waals surface area (Å²) in [6, 6.07) is 8.47. The maximum absolute atomic E-state index is 3.70. The van der Waals surface area contributed by atoms with Crippen LogP contribution in [-0.2, 0) is 0 Å². The van der Waals surface area contributed by atoms with Crippen LogP contribution in [0.1, 0.15) is 6.92 Å². The zero-order valence-corrected chi connectivity index (χ0v) is 10.4. The molecule has 0 saturated carbocycles. The first-order valence-electron chi connectivity index (χ1n) is 5.24. The van der Waals surface area contributed by atoms with Crippen molar-refractivity contribution < 1.29 is 0 Å². The van der Waals surface area contributed by atoms with Crippen molar-refractivity contribution >= 4 is 17.4 Å². The highest BCUT2D eigenvalue weighted by molar-refractivity contribution is 8.03. The molecule has 0 radical (unpaired) electrons. The molecular weight excluding hydrogens is 214 g/mol. The molecule has 1 heterocycles. The number of fused-ring (bicyclic) bond motifs is 1. The molecule has 1 aliphatic heterocycles. The van der Waals surface area contributed by atoms with Crippen molar-refractivity contribution in [3.8, 4) is 0 Å². The standard InChI is InChI=1S/C14H15NS/c1-4-5-9-13-11(2)15(3)12-8-6-7-10-14(12)16-13/h4-10H,1H2,2-3H3/b9-5-. The summed E-state index contributed by atoms with van der Waals surface area (Å²) in [5, 5.41) is 0. The van der Waals surface area contributed by atoms with Gasteiger partial charge in [0.2, 0.25) is 0 Å². The molecule has 0 N–H and O–H groups in total. The van der Waals surface area contributed by atoms with Crippen LogP contribution in [0.3, 0.4) is 0 Å². The lowest BCUT2D eigenvalue weighted by Gasteiger charge is -2.29. The lowest BCUT2D eigenvalue weighted by molar-refractivity contribution is 1.05. The van der Waals surface area contributed by atoms with Crippen LogP contribution in [0.2, 0.25) is 0 Å². The van der Waals surface area contributed by atoms with E-state index in [0.717, 1.165) is 0 Å². The monoisotopic (exact) mass is 229 g/mol. The van der Waals surface area contributed by atoms with Crippen molar-refractivity contribution in [1.29, 1.82) is 0 Å². The Morgan fingerprint density at radius 1 is 1.31 bits per heavy atom. The van der Waals surface area contributed by atoms with Gasteiger partial charge in [0.25, 0.3) is 0 Å². The Hall–Kier alpha value is -1.41. The minimum Gasteiger partial charge on any atom is -0.346 e. The fourth-order valence-corrected chi connectivity index (χ4v) is 2.79. The molecular formula is C14H15NS. The molecule has 1 nitrogen and oxygen atoms in total. The summed E-state index contributed by atoms with van der Waals surface area (Å²) in [5.41, 5.74) is 2.56. The number of nitrogens with zero attached hydrogens (tertiary/aromatic N) is 1. The van der Waals surface area contributed by atoms with Crippen molar-refractivity contribution in [2.24, 2.45) is 0 Å². The van der Waals surface area contributed by atoms with Gasteiger partial charge in [-0.2, -0.15) is 0 Å². The van der Waals surface area contributed by atoms with E-state index in [1.807, 2.05) is 17.8 Å². The Bertz CT molecular complexity index is 471. The second-order valence-electron chi connectivity index (χ2n) is 3.67. The zero-order chi connectivity index (χ0) is 11.5. The van der Waals surface area contributed by atoms with E-state index in [0.29, 0.717) is 0 Å². The van der Waals surface area contributed by atoms with Gasteiger partial charge in [-0.1, -0.05) is 42.6 Å². The second-order valence-corrected chi connectivity index (χ2v) is 4.76. The molecule has 2 rings (SSSR count). The van der Waals surface area contributed by atoms with Gasteiger partial charge in [0.15, 0.2) is 0 Å². The molecule has 2 heteroatoms. The average Bonchev–Trinajstić information content (AvgIpc) is 2.32. The van der Waals surface area contributed by atoms with E-state index in [-0.39, 0.29) is 0 Å². The average molecular weight is 229 g/mol. The summed E-state index contributed by atoms with van der Waals surface area (Å²) in [4.78, 5) is 4.81. The summed E-state index contributed by atoms with van der Waals surface area (Å²) in [6.07, 6.45) is 5.90. The van der Waals surface area contributed by atoms with Crippen LogP contribution in [-0.4, -0.2) is 7.05 Å². The molecule has 0 bridgehead atoms. The minimum atomic E-state index is 1.28. The highest BCUT2D eigenvalue weighted by atomic mass is 32.2. The number of rotatable bonds is 2. The fourth-order valence-electron chi connectivity index (χ4n) is 1.67. The van der Waals surface area contributed by atoms with Crippen molar-refractivity contribution in [3.05, 3.63) is 59.7 Å². The molecule has 0 unspecified atom stereocenters. The van der Waals surface area contributed by atoms with Crippen molar-refractivity contribution in [1.82, 2.24) is 0 Å². The maximum Gasteiger partial charge on any atom is 0.0547 e. The summed E-state index contributed by atoms with van der Waals surface area (Å²) >= 11 is 1.81. The minimum absolute atomic E-state index is 1.28. The highest BCUT2D eigenvalue weighted by Crippen LogP contribution is 2.42. The van der Waals surface area contributed by atoms with Crippen LogP contribution in [0.15, 0.2) is 64.6 Å². The Morgan fingerprint density at radius 2 is 2.06 bits per heavy atom. The lowest BCUT2D eigenvalue weighted by Crippen LogP contribution is -2.18. The Balaban J connectivity index is 2.42. The van der Waals surface area contributed by atoms with Crippen LogP contribution in [0, 0.1) is 0 Å². The number of para-hydroxylation sites is 1. The third-order valence-corrected chi connectivity index (χ3v) is 3.91. The van der Waals surface area contributed by atoms with Crippen LogP contribution in [0.25, 0.3) is 0 Å². The van der Waals surface area contributed by atoms with Crippen LogP contribution < -0.4 is 4.90 Å². The molecule has 0 spiro atoms. The molecule has 82 valence electrons. The quantitative estimate of drug-likeness (QED) is 0.699. The van der Waals surface area contributed by atoms with E-state index in [2.05, 4.69) is 55.8 Å². The molecule has 0 saturated heterocycles. The number of thioether (sulfide) groups is 1. The van der Waals surface area contributed by atoms with E-state index in [1.54, 1.807) is 6.08 Å². The Labute approximate surface area is 101 Å². The maximum atomic E-state index is 3.70. The van der Waals surface area contributed by atoms with Gasteiger partial charge < -0.3 is 4.90 Å². The van der Waals surface area contributed by atoms with E-state index in [4.69, 9.17) is 0 Å². The number of allylic oxidation sites excluding steroid dienone is 4. The summed E-state index contributed by atoms with van der Waals surface area (Å²) < 4.78 is 0. The van der Waals surface area contributed by atoms with Gasteiger partial charge in [-0.15, -0.1) is 0 Å². The first-order chi connectivity index (χ1) is 7.74. The molecule has 1 aliphatic rings. The molecule has 0 fully saturated rings. The van der Waals surface area contributed by atoms with E-state index in [9.17, 15) is 0 Å². The summed E-state index contributed by atoms with van der Waals surface area (Å²) in [7, 11) is 2.11. The topological polar surface area (TPSA) is 3.24 Å². The third-order valence-electron chi connectivity index (χ3n) is 2.69. The first kappa shape index (κ1) is 11.1. The number of hydrogen-bond acceptors (Lipinski definition) is 2. The van der Waals surface area contributed by atoms with Crippen LogP contribution >= 0.6 is 11.8 Å². The number of hydrogen-bond donors (Lipinski definition) is 0. The SMILES string of the molecule is C=C/C=C\C1=C(C)N(C)c2ccccc2S1. The first-order valence-corrected chi connectivity index (χ1v) is 6.06. The highest BCUT2D eigenvalue weighted by Gasteiger charge is 2.18. The second kappa shape index (κ2) is 4.62. The molecule has 0 amide bonds.